The Bertz CT molecular complexity index is 269. The van der Waals surface area contributed by atoms with Crippen molar-refractivity contribution in [2.75, 3.05) is 38.1 Å². The topological polar surface area (TPSA) is 23.6 Å². The van der Waals surface area contributed by atoms with Gasteiger partial charge >= 0.3 is 0 Å². The van der Waals surface area contributed by atoms with Crippen molar-refractivity contribution in [3.8, 4) is 0 Å². The van der Waals surface area contributed by atoms with E-state index >= 15 is 0 Å². The van der Waals surface area contributed by atoms with Gasteiger partial charge in [-0.25, -0.2) is 0 Å². The fraction of sp³-hybridized carbons (Fsp3) is 0.929. The summed E-state index contributed by atoms with van der Waals surface area (Å²) in [5.41, 5.74) is 0. The van der Waals surface area contributed by atoms with E-state index in [1.807, 2.05) is 0 Å². The van der Waals surface area contributed by atoms with E-state index < -0.39 is 0 Å². The van der Waals surface area contributed by atoms with Crippen LogP contribution in [-0.4, -0.2) is 53.8 Å². The second-order valence-electron chi connectivity index (χ2n) is 5.81. The zero-order valence-electron chi connectivity index (χ0n) is 11.4. The summed E-state index contributed by atoms with van der Waals surface area (Å²) in [6.45, 7) is 7.35. The number of amides is 1. The quantitative estimate of drug-likeness (QED) is 0.746. The number of carbonyl (C=O) groups excluding carboxylic acids is 1. The van der Waals surface area contributed by atoms with Gasteiger partial charge in [-0.05, 0) is 31.6 Å². The van der Waals surface area contributed by atoms with E-state index in [-0.39, 0.29) is 0 Å². The molecule has 2 aliphatic rings. The highest BCUT2D eigenvalue weighted by Crippen LogP contribution is 2.29. The molecule has 2 fully saturated rings. The van der Waals surface area contributed by atoms with Crippen molar-refractivity contribution in [3.63, 3.8) is 0 Å². The third-order valence-corrected chi connectivity index (χ3v) is 4.80. The van der Waals surface area contributed by atoms with Crippen LogP contribution in [0.2, 0.25) is 0 Å². The molecule has 1 aliphatic carbocycles. The molecular weight excluding hydrogens is 292 g/mol. The molecule has 0 spiro atoms. The first kappa shape index (κ1) is 14.3. The van der Waals surface area contributed by atoms with Crippen LogP contribution in [0.25, 0.3) is 0 Å². The minimum absolute atomic E-state index is 0.323. The van der Waals surface area contributed by atoms with Crippen LogP contribution in [0.5, 0.6) is 0 Å². The van der Waals surface area contributed by atoms with Gasteiger partial charge < -0.3 is 4.90 Å². The average molecular weight is 317 g/mol. The van der Waals surface area contributed by atoms with Crippen LogP contribution in [0.3, 0.4) is 0 Å². The van der Waals surface area contributed by atoms with Gasteiger partial charge in [-0.2, -0.15) is 0 Å². The lowest BCUT2D eigenvalue weighted by molar-refractivity contribution is -0.138. The summed E-state index contributed by atoms with van der Waals surface area (Å²) in [6.07, 6.45) is 4.70. The molecule has 0 bridgehead atoms. The minimum Gasteiger partial charge on any atom is -0.340 e. The van der Waals surface area contributed by atoms with Gasteiger partial charge in [0.2, 0.25) is 5.91 Å². The standard InChI is InChI=1S/C14H25BrN2O/c1-12-2-4-13(5-3-12)14(18)17-10-8-16(7-6-15)9-11-17/h12-13H,2-11H2,1H3. The van der Waals surface area contributed by atoms with Crippen LogP contribution >= 0.6 is 15.9 Å². The number of hydrogen-bond acceptors (Lipinski definition) is 2. The summed E-state index contributed by atoms with van der Waals surface area (Å²) in [5, 5.41) is 1.03. The molecule has 1 amide bonds. The van der Waals surface area contributed by atoms with Crippen LogP contribution in [0.15, 0.2) is 0 Å². The molecule has 1 aliphatic heterocycles. The molecule has 1 heterocycles. The number of hydrogen-bond donors (Lipinski definition) is 0. The van der Waals surface area contributed by atoms with E-state index in [0.29, 0.717) is 11.8 Å². The highest BCUT2D eigenvalue weighted by atomic mass is 79.9. The number of piperazine rings is 1. The van der Waals surface area contributed by atoms with Crippen molar-refractivity contribution >= 4 is 21.8 Å². The van der Waals surface area contributed by atoms with Gasteiger partial charge in [0.1, 0.15) is 0 Å². The van der Waals surface area contributed by atoms with Crippen molar-refractivity contribution in [2.24, 2.45) is 11.8 Å². The monoisotopic (exact) mass is 316 g/mol. The Labute approximate surface area is 119 Å². The molecule has 1 saturated carbocycles. The van der Waals surface area contributed by atoms with Gasteiger partial charge in [0.05, 0.1) is 0 Å². The Kier molecular flexibility index (Phi) is 5.49. The first-order valence-corrected chi connectivity index (χ1v) is 8.40. The number of halogens is 1. The molecule has 104 valence electrons. The summed E-state index contributed by atoms with van der Waals surface area (Å²) in [6, 6.07) is 0. The predicted octanol–water partition coefficient (Wildman–Crippen LogP) is 2.35. The predicted molar refractivity (Wildman–Crippen MR) is 77.9 cm³/mol. The van der Waals surface area contributed by atoms with Crippen molar-refractivity contribution in [2.45, 2.75) is 32.6 Å². The lowest BCUT2D eigenvalue weighted by Crippen LogP contribution is -2.50. The van der Waals surface area contributed by atoms with Crippen LogP contribution in [-0.2, 0) is 4.79 Å². The first-order chi connectivity index (χ1) is 8.70. The minimum atomic E-state index is 0.323. The normalized spacial score (nSPS) is 30.4. The summed E-state index contributed by atoms with van der Waals surface area (Å²) in [4.78, 5) is 17.0. The second-order valence-corrected chi connectivity index (χ2v) is 6.61. The molecule has 0 atom stereocenters. The summed E-state index contributed by atoms with van der Waals surface area (Å²) < 4.78 is 0. The van der Waals surface area contributed by atoms with Gasteiger partial charge in [-0.1, -0.05) is 22.9 Å². The number of nitrogens with zero attached hydrogens (tertiary/aromatic N) is 2. The van der Waals surface area contributed by atoms with E-state index in [0.717, 1.165) is 56.8 Å². The fourth-order valence-corrected chi connectivity index (χ4v) is 3.58. The van der Waals surface area contributed by atoms with Crippen LogP contribution in [0.4, 0.5) is 0 Å². The Morgan fingerprint density at radius 2 is 1.72 bits per heavy atom. The largest absolute Gasteiger partial charge is 0.340 e. The average Bonchev–Trinajstić information content (AvgIpc) is 2.40. The lowest BCUT2D eigenvalue weighted by atomic mass is 9.82. The molecule has 2 rings (SSSR count). The third kappa shape index (κ3) is 3.70. The maximum atomic E-state index is 12.4. The van der Waals surface area contributed by atoms with E-state index in [1.165, 1.54) is 12.8 Å². The summed E-state index contributed by atoms with van der Waals surface area (Å²) in [7, 11) is 0. The zero-order valence-corrected chi connectivity index (χ0v) is 13.0. The molecule has 3 nitrogen and oxygen atoms in total. The molecule has 18 heavy (non-hydrogen) atoms. The molecule has 0 N–H and O–H groups in total. The number of alkyl halides is 1. The van der Waals surface area contributed by atoms with Crippen molar-refractivity contribution in [3.05, 3.63) is 0 Å². The third-order valence-electron chi connectivity index (χ3n) is 4.45. The van der Waals surface area contributed by atoms with Crippen molar-refractivity contribution in [1.29, 1.82) is 0 Å². The molecule has 0 radical (unpaired) electrons. The van der Waals surface area contributed by atoms with Gasteiger partial charge in [-0.15, -0.1) is 0 Å². The number of carbonyl (C=O) groups is 1. The maximum absolute atomic E-state index is 12.4. The molecular formula is C14H25BrN2O. The molecule has 1 saturated heterocycles. The SMILES string of the molecule is CC1CCC(C(=O)N2CCN(CCBr)CC2)CC1. The maximum Gasteiger partial charge on any atom is 0.225 e. The van der Waals surface area contributed by atoms with Gasteiger partial charge in [-0.3, -0.25) is 9.69 Å². The number of rotatable bonds is 3. The van der Waals surface area contributed by atoms with Crippen molar-refractivity contribution < 1.29 is 4.79 Å². The van der Waals surface area contributed by atoms with Gasteiger partial charge in [0.15, 0.2) is 0 Å². The van der Waals surface area contributed by atoms with E-state index in [2.05, 4.69) is 32.7 Å². The molecule has 0 unspecified atom stereocenters. The Balaban J connectivity index is 1.77. The van der Waals surface area contributed by atoms with Gasteiger partial charge in [0.25, 0.3) is 0 Å². The Hall–Kier alpha value is -0.0900. The first-order valence-electron chi connectivity index (χ1n) is 7.28. The van der Waals surface area contributed by atoms with Crippen LogP contribution in [0, 0.1) is 11.8 Å². The zero-order chi connectivity index (χ0) is 13.0. The highest BCUT2D eigenvalue weighted by molar-refractivity contribution is 9.09. The van der Waals surface area contributed by atoms with Crippen LogP contribution < -0.4 is 0 Å². The smallest absolute Gasteiger partial charge is 0.225 e. The van der Waals surface area contributed by atoms with E-state index in [9.17, 15) is 4.79 Å². The lowest BCUT2D eigenvalue weighted by Gasteiger charge is -2.37. The summed E-state index contributed by atoms with van der Waals surface area (Å²) in [5.74, 6) is 1.58. The molecule has 0 aromatic heterocycles. The molecule has 0 aromatic rings. The second kappa shape index (κ2) is 6.90. The summed E-state index contributed by atoms with van der Waals surface area (Å²) >= 11 is 3.47. The molecule has 4 heteroatoms. The van der Waals surface area contributed by atoms with E-state index in [4.69, 9.17) is 0 Å². The van der Waals surface area contributed by atoms with E-state index in [1.54, 1.807) is 0 Å². The highest BCUT2D eigenvalue weighted by Gasteiger charge is 2.29. The van der Waals surface area contributed by atoms with Crippen LogP contribution in [0.1, 0.15) is 32.6 Å². The van der Waals surface area contributed by atoms with Gasteiger partial charge in [0, 0.05) is 44.0 Å². The molecule has 0 aromatic carbocycles. The van der Waals surface area contributed by atoms with Crippen molar-refractivity contribution in [1.82, 2.24) is 9.80 Å². The Morgan fingerprint density at radius 3 is 2.28 bits per heavy atom. The fourth-order valence-electron chi connectivity index (χ4n) is 3.08. The Morgan fingerprint density at radius 1 is 1.11 bits per heavy atom.